The van der Waals surface area contributed by atoms with Gasteiger partial charge in [0.2, 0.25) is 5.91 Å². The molecule has 2 aromatic rings. The first-order valence-electron chi connectivity index (χ1n) is 6.78. The zero-order chi connectivity index (χ0) is 16.1. The van der Waals surface area contributed by atoms with E-state index in [1.165, 1.54) is 17.0 Å². The number of rotatable bonds is 5. The minimum atomic E-state index is -1.00. The fourth-order valence-electron chi connectivity index (χ4n) is 2.07. The van der Waals surface area contributed by atoms with Gasteiger partial charge in [-0.05, 0) is 36.2 Å². The third-order valence-corrected chi connectivity index (χ3v) is 3.70. The number of amides is 1. The zero-order valence-electron chi connectivity index (χ0n) is 12.1. The number of alkyl halides is 1. The van der Waals surface area contributed by atoms with Crippen LogP contribution in [0.3, 0.4) is 0 Å². The van der Waals surface area contributed by atoms with E-state index in [9.17, 15) is 9.59 Å². The summed E-state index contributed by atoms with van der Waals surface area (Å²) in [4.78, 5) is 24.6. The Morgan fingerprint density at radius 1 is 1.09 bits per heavy atom. The van der Waals surface area contributed by atoms with Crippen molar-refractivity contribution in [2.45, 2.75) is 11.8 Å². The Hall–Kier alpha value is -2.33. The van der Waals surface area contributed by atoms with Crippen LogP contribution >= 0.6 is 11.6 Å². The summed E-state index contributed by atoms with van der Waals surface area (Å²) in [6, 6.07) is 15.7. The highest BCUT2D eigenvalue weighted by Crippen LogP contribution is 2.18. The average Bonchev–Trinajstić information content (AvgIpc) is 2.54. The lowest BCUT2D eigenvalue weighted by atomic mass is 10.1. The molecule has 0 saturated heterocycles. The molecule has 1 N–H and O–H groups in total. The SMILES string of the molecule is CN(C(=O)[C@H](Cl)Cc1ccccc1)c1ccc(C(=O)O)cc1. The van der Waals surface area contributed by atoms with E-state index in [2.05, 4.69) is 0 Å². The van der Waals surface area contributed by atoms with Gasteiger partial charge < -0.3 is 10.0 Å². The number of benzene rings is 2. The van der Waals surface area contributed by atoms with Crippen LogP contribution in [0.1, 0.15) is 15.9 Å². The van der Waals surface area contributed by atoms with Crippen molar-refractivity contribution in [2.24, 2.45) is 0 Å². The van der Waals surface area contributed by atoms with Gasteiger partial charge in [0.25, 0.3) is 0 Å². The van der Waals surface area contributed by atoms with E-state index >= 15 is 0 Å². The molecule has 1 amide bonds. The summed E-state index contributed by atoms with van der Waals surface area (Å²) in [5.74, 6) is -1.23. The van der Waals surface area contributed by atoms with Crippen LogP contribution < -0.4 is 4.90 Å². The number of carbonyl (C=O) groups excluding carboxylic acids is 1. The van der Waals surface area contributed by atoms with Crippen molar-refractivity contribution in [2.75, 3.05) is 11.9 Å². The number of halogens is 1. The Morgan fingerprint density at radius 3 is 2.23 bits per heavy atom. The maximum Gasteiger partial charge on any atom is 0.335 e. The second-order valence-electron chi connectivity index (χ2n) is 4.91. The molecule has 2 rings (SSSR count). The fraction of sp³-hybridized carbons (Fsp3) is 0.176. The zero-order valence-corrected chi connectivity index (χ0v) is 12.8. The molecule has 5 heteroatoms. The lowest BCUT2D eigenvalue weighted by molar-refractivity contribution is -0.118. The molecule has 0 spiro atoms. The molecule has 0 bridgehead atoms. The van der Waals surface area contributed by atoms with Gasteiger partial charge in [-0.25, -0.2) is 4.79 Å². The van der Waals surface area contributed by atoms with Crippen LogP contribution in [-0.2, 0) is 11.2 Å². The maximum absolute atomic E-state index is 12.3. The molecule has 0 radical (unpaired) electrons. The Kier molecular flexibility index (Phi) is 5.17. The molecule has 0 heterocycles. The second kappa shape index (κ2) is 7.09. The molecule has 22 heavy (non-hydrogen) atoms. The fourth-order valence-corrected chi connectivity index (χ4v) is 2.40. The molecule has 0 aliphatic rings. The van der Waals surface area contributed by atoms with Crippen molar-refractivity contribution in [3.8, 4) is 0 Å². The standard InChI is InChI=1S/C17H16ClNO3/c1-19(14-9-7-13(8-10-14)17(21)22)16(20)15(18)11-12-5-3-2-4-6-12/h2-10,15H,11H2,1H3,(H,21,22)/t15-/m1/s1. The highest BCUT2D eigenvalue weighted by Gasteiger charge is 2.21. The number of hydrogen-bond donors (Lipinski definition) is 1. The summed E-state index contributed by atoms with van der Waals surface area (Å²) in [6.45, 7) is 0. The van der Waals surface area contributed by atoms with Crippen LogP contribution in [-0.4, -0.2) is 29.4 Å². The molecule has 0 aliphatic carbocycles. The minimum Gasteiger partial charge on any atom is -0.478 e. The molecule has 0 saturated carbocycles. The van der Waals surface area contributed by atoms with Crippen LogP contribution in [0.25, 0.3) is 0 Å². The normalized spacial score (nSPS) is 11.7. The van der Waals surface area contributed by atoms with E-state index in [-0.39, 0.29) is 11.5 Å². The first-order chi connectivity index (χ1) is 10.5. The Bertz CT molecular complexity index is 655. The molecular weight excluding hydrogens is 302 g/mol. The van der Waals surface area contributed by atoms with E-state index in [0.29, 0.717) is 12.1 Å². The molecule has 1 atom stereocenters. The van der Waals surface area contributed by atoms with Crippen molar-refractivity contribution in [1.29, 1.82) is 0 Å². The summed E-state index contributed by atoms with van der Waals surface area (Å²) >= 11 is 6.21. The van der Waals surface area contributed by atoms with Gasteiger partial charge in [0.1, 0.15) is 5.38 Å². The Labute approximate surface area is 133 Å². The van der Waals surface area contributed by atoms with Gasteiger partial charge in [0.15, 0.2) is 0 Å². The first-order valence-corrected chi connectivity index (χ1v) is 7.21. The largest absolute Gasteiger partial charge is 0.478 e. The monoisotopic (exact) mass is 317 g/mol. The van der Waals surface area contributed by atoms with Crippen molar-refractivity contribution in [1.82, 2.24) is 0 Å². The third kappa shape index (κ3) is 3.86. The molecule has 2 aromatic carbocycles. The van der Waals surface area contributed by atoms with Crippen molar-refractivity contribution >= 4 is 29.2 Å². The predicted molar refractivity (Wildman–Crippen MR) is 86.6 cm³/mol. The summed E-state index contributed by atoms with van der Waals surface area (Å²) < 4.78 is 0. The van der Waals surface area contributed by atoms with E-state index in [4.69, 9.17) is 16.7 Å². The highest BCUT2D eigenvalue weighted by atomic mass is 35.5. The first kappa shape index (κ1) is 16.0. The summed E-state index contributed by atoms with van der Waals surface area (Å²) in [7, 11) is 1.62. The van der Waals surface area contributed by atoms with Crippen LogP contribution in [0.4, 0.5) is 5.69 Å². The molecule has 0 aromatic heterocycles. The Balaban J connectivity index is 2.06. The smallest absolute Gasteiger partial charge is 0.335 e. The summed E-state index contributed by atoms with van der Waals surface area (Å²) in [5, 5.41) is 8.20. The molecule has 0 fully saturated rings. The van der Waals surface area contributed by atoms with Gasteiger partial charge in [-0.2, -0.15) is 0 Å². The minimum absolute atomic E-state index is 0.177. The van der Waals surface area contributed by atoms with Crippen LogP contribution in [0.5, 0.6) is 0 Å². The average molecular weight is 318 g/mol. The quantitative estimate of drug-likeness (QED) is 0.862. The van der Waals surface area contributed by atoms with Gasteiger partial charge in [-0.1, -0.05) is 30.3 Å². The molecule has 4 nitrogen and oxygen atoms in total. The van der Waals surface area contributed by atoms with E-state index in [1.807, 2.05) is 30.3 Å². The van der Waals surface area contributed by atoms with Crippen LogP contribution in [0, 0.1) is 0 Å². The van der Waals surface area contributed by atoms with Gasteiger partial charge >= 0.3 is 5.97 Å². The molecular formula is C17H16ClNO3. The van der Waals surface area contributed by atoms with Gasteiger partial charge in [0, 0.05) is 12.7 Å². The number of hydrogen-bond acceptors (Lipinski definition) is 2. The van der Waals surface area contributed by atoms with E-state index in [0.717, 1.165) is 5.56 Å². The number of carbonyl (C=O) groups is 2. The highest BCUT2D eigenvalue weighted by molar-refractivity contribution is 6.32. The van der Waals surface area contributed by atoms with Crippen molar-refractivity contribution in [3.05, 3.63) is 65.7 Å². The maximum atomic E-state index is 12.3. The topological polar surface area (TPSA) is 57.6 Å². The molecule has 0 unspecified atom stereocenters. The van der Waals surface area contributed by atoms with Crippen molar-refractivity contribution in [3.63, 3.8) is 0 Å². The van der Waals surface area contributed by atoms with Crippen molar-refractivity contribution < 1.29 is 14.7 Å². The lowest BCUT2D eigenvalue weighted by Gasteiger charge is -2.20. The second-order valence-corrected chi connectivity index (χ2v) is 5.43. The Morgan fingerprint density at radius 2 is 1.68 bits per heavy atom. The number of anilines is 1. The number of carboxylic acids is 1. The van der Waals surface area contributed by atoms with Gasteiger partial charge in [-0.15, -0.1) is 11.6 Å². The number of nitrogens with zero attached hydrogens (tertiary/aromatic N) is 1. The predicted octanol–water partition coefficient (Wildman–Crippen LogP) is 3.20. The molecule has 114 valence electrons. The number of carboxylic acid groups (broad SMARTS) is 1. The molecule has 0 aliphatic heterocycles. The van der Waals surface area contributed by atoms with E-state index < -0.39 is 11.3 Å². The van der Waals surface area contributed by atoms with E-state index in [1.54, 1.807) is 19.2 Å². The number of aromatic carboxylic acids is 1. The van der Waals surface area contributed by atoms with Gasteiger partial charge in [0.05, 0.1) is 5.56 Å². The lowest BCUT2D eigenvalue weighted by Crippen LogP contribution is -2.34. The summed E-state index contributed by atoms with van der Waals surface area (Å²) in [5.41, 5.74) is 1.77. The van der Waals surface area contributed by atoms with Gasteiger partial charge in [-0.3, -0.25) is 4.79 Å². The van der Waals surface area contributed by atoms with Crippen LogP contribution in [0.15, 0.2) is 54.6 Å². The van der Waals surface area contributed by atoms with Crippen LogP contribution in [0.2, 0.25) is 0 Å². The summed E-state index contributed by atoms with van der Waals surface area (Å²) in [6.07, 6.45) is 0.443. The third-order valence-electron chi connectivity index (χ3n) is 3.36.